The first-order valence-electron chi connectivity index (χ1n) is 11.2. The third kappa shape index (κ3) is 5.09. The number of nitrogens with two attached hydrogens (primary N) is 1. The number of carbonyl (C=O) groups excluding carboxylic acids is 1. The van der Waals surface area contributed by atoms with Gasteiger partial charge in [0.25, 0.3) is 5.91 Å². The van der Waals surface area contributed by atoms with Crippen molar-refractivity contribution < 1.29 is 9.59 Å². The number of nitrogens with zero attached hydrogens (tertiary/aromatic N) is 2. The van der Waals surface area contributed by atoms with Crippen LogP contribution in [-0.2, 0) is 13.1 Å². The Morgan fingerprint density at radius 1 is 1.13 bits per heavy atom. The Labute approximate surface area is 185 Å². The van der Waals surface area contributed by atoms with E-state index in [1.165, 1.54) is 11.1 Å². The first-order valence-corrected chi connectivity index (χ1v) is 14.4. The fraction of sp³-hybridized carbons (Fsp3) is 0.400. The first kappa shape index (κ1) is 21.8. The predicted molar refractivity (Wildman–Crippen MR) is 129 cm³/mol. The van der Waals surface area contributed by atoms with Crippen LogP contribution in [0.3, 0.4) is 0 Å². The molecule has 164 valence electrons. The van der Waals surface area contributed by atoms with Gasteiger partial charge in [-0.15, -0.1) is 0 Å². The zero-order chi connectivity index (χ0) is 22.0. The summed E-state index contributed by atoms with van der Waals surface area (Å²) in [5.41, 5.74) is 10.1. The summed E-state index contributed by atoms with van der Waals surface area (Å²) in [6.45, 7) is 6.82. The number of benzene rings is 2. The van der Waals surface area contributed by atoms with E-state index in [2.05, 4.69) is 41.1 Å². The number of hydrogen-bond acceptors (Lipinski definition) is 3. The standard InChI is InChI=1S/C25H33N3O2Si/c1-31(2,30)15-14-27-11-10-21-6-7-23(17-24(21)27)25(29)28-12-8-20(9-13-28)22-5-3-4-19(16-22)18-26/h3-7,10-11,16-17,20,30H,8-9,12-15,18,26H2,1-2H3. The topological polar surface area (TPSA) is 71.5 Å². The lowest BCUT2D eigenvalue weighted by Crippen LogP contribution is -2.37. The van der Waals surface area contributed by atoms with Crippen molar-refractivity contribution in [2.45, 2.75) is 51.0 Å². The molecule has 4 rings (SSSR count). The molecule has 2 aromatic carbocycles. The molecule has 1 amide bonds. The van der Waals surface area contributed by atoms with Gasteiger partial charge in [0, 0.05) is 43.5 Å². The quantitative estimate of drug-likeness (QED) is 0.567. The number of likely N-dealkylation sites (tertiary alicyclic amines) is 1. The Bertz CT molecular complexity index is 1060. The van der Waals surface area contributed by atoms with E-state index in [0.717, 1.165) is 55.0 Å². The second-order valence-corrected chi connectivity index (χ2v) is 13.5. The Morgan fingerprint density at radius 3 is 2.61 bits per heavy atom. The van der Waals surface area contributed by atoms with Gasteiger partial charge in [0.1, 0.15) is 0 Å². The molecule has 0 radical (unpaired) electrons. The minimum absolute atomic E-state index is 0.112. The minimum atomic E-state index is -2.11. The van der Waals surface area contributed by atoms with E-state index >= 15 is 0 Å². The predicted octanol–water partition coefficient (Wildman–Crippen LogP) is 4.32. The lowest BCUT2D eigenvalue weighted by atomic mass is 9.88. The molecule has 2 heterocycles. The summed E-state index contributed by atoms with van der Waals surface area (Å²) in [5, 5.41) is 1.13. The van der Waals surface area contributed by atoms with Gasteiger partial charge in [-0.3, -0.25) is 4.79 Å². The average Bonchev–Trinajstić information content (AvgIpc) is 3.19. The molecular weight excluding hydrogens is 402 g/mol. The number of aromatic nitrogens is 1. The second kappa shape index (κ2) is 8.98. The molecule has 0 saturated carbocycles. The van der Waals surface area contributed by atoms with E-state index in [-0.39, 0.29) is 5.91 Å². The highest BCUT2D eigenvalue weighted by Crippen LogP contribution is 2.29. The number of aryl methyl sites for hydroxylation is 1. The second-order valence-electron chi connectivity index (χ2n) is 9.36. The van der Waals surface area contributed by atoms with Crippen molar-refractivity contribution >= 4 is 25.1 Å². The molecule has 1 aliphatic rings. The molecule has 0 bridgehead atoms. The lowest BCUT2D eigenvalue weighted by molar-refractivity contribution is 0.0713. The van der Waals surface area contributed by atoms with Crippen LogP contribution in [0.4, 0.5) is 0 Å². The largest absolute Gasteiger partial charge is 0.432 e. The highest BCUT2D eigenvalue weighted by molar-refractivity contribution is 6.69. The van der Waals surface area contributed by atoms with Crippen LogP contribution in [0.25, 0.3) is 10.9 Å². The van der Waals surface area contributed by atoms with Crippen molar-refractivity contribution in [3.8, 4) is 0 Å². The fourth-order valence-corrected chi connectivity index (χ4v) is 5.27. The monoisotopic (exact) mass is 435 g/mol. The first-order chi connectivity index (χ1) is 14.8. The zero-order valence-corrected chi connectivity index (χ0v) is 19.6. The average molecular weight is 436 g/mol. The molecule has 1 fully saturated rings. The van der Waals surface area contributed by atoms with E-state index in [4.69, 9.17) is 5.73 Å². The maximum absolute atomic E-state index is 13.2. The van der Waals surface area contributed by atoms with Gasteiger partial charge in [-0.25, -0.2) is 0 Å². The van der Waals surface area contributed by atoms with Crippen LogP contribution in [0.2, 0.25) is 19.1 Å². The number of fused-ring (bicyclic) bond motifs is 1. The summed E-state index contributed by atoms with van der Waals surface area (Å²) in [7, 11) is -2.11. The Morgan fingerprint density at radius 2 is 1.90 bits per heavy atom. The van der Waals surface area contributed by atoms with Gasteiger partial charge in [0.05, 0.1) is 0 Å². The van der Waals surface area contributed by atoms with E-state index in [1.807, 2.05) is 36.2 Å². The molecule has 5 nitrogen and oxygen atoms in total. The fourth-order valence-electron chi connectivity index (χ4n) is 4.48. The Balaban J connectivity index is 1.44. The molecule has 3 aromatic rings. The highest BCUT2D eigenvalue weighted by Gasteiger charge is 2.25. The normalized spacial score (nSPS) is 15.5. The van der Waals surface area contributed by atoms with Gasteiger partial charge in [0.15, 0.2) is 8.32 Å². The van der Waals surface area contributed by atoms with E-state index in [1.54, 1.807) is 0 Å². The molecule has 0 spiro atoms. The molecule has 1 aliphatic heterocycles. The smallest absolute Gasteiger partial charge is 0.253 e. The van der Waals surface area contributed by atoms with Gasteiger partial charge in [-0.2, -0.15) is 0 Å². The molecule has 31 heavy (non-hydrogen) atoms. The summed E-state index contributed by atoms with van der Waals surface area (Å²) in [6.07, 6.45) is 4.02. The highest BCUT2D eigenvalue weighted by atomic mass is 28.4. The lowest BCUT2D eigenvalue weighted by Gasteiger charge is -2.32. The molecule has 1 saturated heterocycles. The van der Waals surface area contributed by atoms with Crippen LogP contribution < -0.4 is 5.73 Å². The van der Waals surface area contributed by atoms with Crippen LogP contribution in [0.1, 0.15) is 40.2 Å². The molecule has 3 N–H and O–H groups in total. The number of rotatable bonds is 6. The third-order valence-corrected chi connectivity index (χ3v) is 7.87. The third-order valence-electron chi connectivity index (χ3n) is 6.43. The maximum atomic E-state index is 13.2. The van der Waals surface area contributed by atoms with Crippen LogP contribution in [0.5, 0.6) is 0 Å². The minimum Gasteiger partial charge on any atom is -0.432 e. The van der Waals surface area contributed by atoms with Crippen molar-refractivity contribution in [2.24, 2.45) is 5.73 Å². The van der Waals surface area contributed by atoms with E-state index in [9.17, 15) is 9.59 Å². The number of piperidine rings is 1. The van der Waals surface area contributed by atoms with Crippen molar-refractivity contribution in [3.05, 3.63) is 71.4 Å². The summed E-state index contributed by atoms with van der Waals surface area (Å²) in [6, 6.07) is 17.4. The Kier molecular flexibility index (Phi) is 6.32. The van der Waals surface area contributed by atoms with Crippen LogP contribution in [0.15, 0.2) is 54.7 Å². The van der Waals surface area contributed by atoms with E-state index in [0.29, 0.717) is 12.5 Å². The number of carbonyl (C=O) groups is 1. The van der Waals surface area contributed by atoms with Crippen LogP contribution >= 0.6 is 0 Å². The van der Waals surface area contributed by atoms with Gasteiger partial charge in [-0.1, -0.05) is 30.3 Å². The van der Waals surface area contributed by atoms with Gasteiger partial charge in [0.2, 0.25) is 0 Å². The summed E-state index contributed by atoms with van der Waals surface area (Å²) >= 11 is 0. The molecule has 0 unspecified atom stereocenters. The molecule has 0 aliphatic carbocycles. The van der Waals surface area contributed by atoms with Crippen molar-refractivity contribution in [1.29, 1.82) is 0 Å². The van der Waals surface area contributed by atoms with Crippen molar-refractivity contribution in [1.82, 2.24) is 9.47 Å². The van der Waals surface area contributed by atoms with Crippen molar-refractivity contribution in [2.75, 3.05) is 13.1 Å². The molecule has 1 aromatic heterocycles. The summed E-state index contributed by atoms with van der Waals surface area (Å²) < 4.78 is 2.16. The van der Waals surface area contributed by atoms with Gasteiger partial charge in [-0.05, 0) is 72.6 Å². The molecule has 0 atom stereocenters. The van der Waals surface area contributed by atoms with Crippen molar-refractivity contribution in [3.63, 3.8) is 0 Å². The van der Waals surface area contributed by atoms with Gasteiger partial charge < -0.3 is 20.0 Å². The summed E-state index contributed by atoms with van der Waals surface area (Å²) in [5.74, 6) is 0.599. The maximum Gasteiger partial charge on any atom is 0.253 e. The Hall–Kier alpha value is -2.41. The SMILES string of the molecule is C[Si](C)(O)CCn1ccc2ccc(C(=O)N3CCC(c4cccc(CN)c4)CC3)cc21. The van der Waals surface area contributed by atoms with Crippen LogP contribution in [-0.4, -0.2) is 41.6 Å². The zero-order valence-electron chi connectivity index (χ0n) is 18.6. The molecule has 6 heteroatoms. The molecular formula is C25H33N3O2Si. The number of hydrogen-bond donors (Lipinski definition) is 2. The van der Waals surface area contributed by atoms with Gasteiger partial charge >= 0.3 is 0 Å². The van der Waals surface area contributed by atoms with E-state index < -0.39 is 8.32 Å². The summed E-state index contributed by atoms with van der Waals surface area (Å²) in [4.78, 5) is 25.4. The van der Waals surface area contributed by atoms with Crippen LogP contribution in [0, 0.1) is 0 Å². The number of amides is 1.